The Balaban J connectivity index is 1.97. The zero-order valence-corrected chi connectivity index (χ0v) is 10.0. The molecule has 3 rings (SSSR count). The van der Waals surface area contributed by atoms with E-state index in [2.05, 4.69) is 35.4 Å². The van der Waals surface area contributed by atoms with E-state index in [1.807, 2.05) is 0 Å². The molecule has 1 aromatic carbocycles. The fourth-order valence-corrected chi connectivity index (χ4v) is 2.94. The SMILES string of the molecule is Cc1ccc2sc(C3COCCN3)nc2c1. The molecule has 4 heteroatoms. The number of ether oxygens (including phenoxy) is 1. The molecule has 1 N–H and O–H groups in total. The summed E-state index contributed by atoms with van der Waals surface area (Å²) in [6.07, 6.45) is 0. The molecule has 0 amide bonds. The maximum atomic E-state index is 5.46. The molecule has 1 aliphatic rings. The van der Waals surface area contributed by atoms with Crippen LogP contribution < -0.4 is 5.32 Å². The van der Waals surface area contributed by atoms with E-state index in [0.29, 0.717) is 0 Å². The maximum Gasteiger partial charge on any atom is 0.113 e. The van der Waals surface area contributed by atoms with Crippen molar-refractivity contribution in [1.29, 1.82) is 0 Å². The molecule has 84 valence electrons. The molecule has 2 heterocycles. The molecule has 3 nitrogen and oxygen atoms in total. The molecule has 1 unspecified atom stereocenters. The Bertz CT molecular complexity index is 503. The van der Waals surface area contributed by atoms with Gasteiger partial charge in [0.25, 0.3) is 0 Å². The molecular formula is C12H14N2OS. The van der Waals surface area contributed by atoms with Crippen molar-refractivity contribution in [3.05, 3.63) is 28.8 Å². The Labute approximate surface area is 98.5 Å². The number of nitrogens with zero attached hydrogens (tertiary/aromatic N) is 1. The summed E-state index contributed by atoms with van der Waals surface area (Å²) in [7, 11) is 0. The highest BCUT2D eigenvalue weighted by molar-refractivity contribution is 7.18. The molecule has 2 aromatic rings. The molecule has 0 bridgehead atoms. The maximum absolute atomic E-state index is 5.46. The number of hydrogen-bond donors (Lipinski definition) is 1. The van der Waals surface area contributed by atoms with Gasteiger partial charge in [-0.05, 0) is 24.6 Å². The summed E-state index contributed by atoms with van der Waals surface area (Å²) < 4.78 is 6.72. The Kier molecular flexibility index (Phi) is 2.63. The smallest absolute Gasteiger partial charge is 0.113 e. The number of aromatic nitrogens is 1. The normalized spacial score (nSPS) is 21.4. The minimum Gasteiger partial charge on any atom is -0.378 e. The Hall–Kier alpha value is -0.970. The van der Waals surface area contributed by atoms with E-state index < -0.39 is 0 Å². The van der Waals surface area contributed by atoms with E-state index >= 15 is 0 Å². The summed E-state index contributed by atoms with van der Waals surface area (Å²) in [6, 6.07) is 6.69. The number of aryl methyl sites for hydroxylation is 1. The average molecular weight is 234 g/mol. The van der Waals surface area contributed by atoms with Gasteiger partial charge in [-0.15, -0.1) is 11.3 Å². The molecule has 0 saturated carbocycles. The van der Waals surface area contributed by atoms with Crippen LogP contribution in [0, 0.1) is 6.92 Å². The van der Waals surface area contributed by atoms with Crippen LogP contribution in [0.2, 0.25) is 0 Å². The first kappa shape index (κ1) is 10.2. The van der Waals surface area contributed by atoms with E-state index in [9.17, 15) is 0 Å². The second-order valence-corrected chi connectivity index (χ2v) is 5.17. The number of nitrogens with one attached hydrogen (secondary N) is 1. The molecule has 1 aromatic heterocycles. The molecule has 1 fully saturated rings. The summed E-state index contributed by atoms with van der Waals surface area (Å²) in [4.78, 5) is 4.67. The summed E-state index contributed by atoms with van der Waals surface area (Å²) >= 11 is 1.76. The Morgan fingerprint density at radius 3 is 3.25 bits per heavy atom. The lowest BCUT2D eigenvalue weighted by atomic mass is 10.2. The van der Waals surface area contributed by atoms with Crippen molar-refractivity contribution in [2.45, 2.75) is 13.0 Å². The number of benzene rings is 1. The van der Waals surface area contributed by atoms with E-state index in [1.165, 1.54) is 10.3 Å². The lowest BCUT2D eigenvalue weighted by Gasteiger charge is -2.21. The highest BCUT2D eigenvalue weighted by Crippen LogP contribution is 2.27. The quantitative estimate of drug-likeness (QED) is 0.822. The Morgan fingerprint density at radius 2 is 2.44 bits per heavy atom. The van der Waals surface area contributed by atoms with Crippen molar-refractivity contribution in [2.75, 3.05) is 19.8 Å². The van der Waals surface area contributed by atoms with Crippen molar-refractivity contribution in [1.82, 2.24) is 10.3 Å². The van der Waals surface area contributed by atoms with Crippen LogP contribution in [0.4, 0.5) is 0 Å². The van der Waals surface area contributed by atoms with Gasteiger partial charge in [0.2, 0.25) is 0 Å². The zero-order chi connectivity index (χ0) is 11.0. The van der Waals surface area contributed by atoms with Crippen LogP contribution in [0.1, 0.15) is 16.6 Å². The third-order valence-corrected chi connectivity index (χ3v) is 3.93. The fraction of sp³-hybridized carbons (Fsp3) is 0.417. The molecule has 0 aliphatic carbocycles. The van der Waals surface area contributed by atoms with Crippen LogP contribution in [-0.2, 0) is 4.74 Å². The van der Waals surface area contributed by atoms with Gasteiger partial charge < -0.3 is 10.1 Å². The van der Waals surface area contributed by atoms with E-state index in [0.717, 1.165) is 30.3 Å². The predicted molar refractivity (Wildman–Crippen MR) is 65.9 cm³/mol. The number of thiazole rings is 1. The van der Waals surface area contributed by atoms with Crippen LogP contribution in [-0.4, -0.2) is 24.7 Å². The van der Waals surface area contributed by atoms with E-state index in [-0.39, 0.29) is 6.04 Å². The molecular weight excluding hydrogens is 220 g/mol. The number of rotatable bonds is 1. The average Bonchev–Trinajstić information content (AvgIpc) is 2.73. The first-order valence-corrected chi connectivity index (χ1v) is 6.33. The summed E-state index contributed by atoms with van der Waals surface area (Å²) in [6.45, 7) is 4.55. The standard InChI is InChI=1S/C12H14N2OS/c1-8-2-3-11-9(6-8)14-12(16-11)10-7-15-5-4-13-10/h2-3,6,10,13H,4-5,7H2,1H3. The van der Waals surface area contributed by atoms with Gasteiger partial charge in [0.15, 0.2) is 0 Å². The van der Waals surface area contributed by atoms with Crippen molar-refractivity contribution in [3.63, 3.8) is 0 Å². The third-order valence-electron chi connectivity index (χ3n) is 2.78. The lowest BCUT2D eigenvalue weighted by molar-refractivity contribution is 0.0768. The van der Waals surface area contributed by atoms with Gasteiger partial charge in [-0.25, -0.2) is 4.98 Å². The van der Waals surface area contributed by atoms with Crippen molar-refractivity contribution in [3.8, 4) is 0 Å². The number of fused-ring (bicyclic) bond motifs is 1. The summed E-state index contributed by atoms with van der Waals surface area (Å²) in [5.74, 6) is 0. The van der Waals surface area contributed by atoms with Crippen LogP contribution >= 0.6 is 11.3 Å². The van der Waals surface area contributed by atoms with Gasteiger partial charge in [-0.2, -0.15) is 0 Å². The first-order chi connectivity index (χ1) is 7.83. The van der Waals surface area contributed by atoms with Gasteiger partial charge in [-0.1, -0.05) is 6.07 Å². The minimum absolute atomic E-state index is 0.270. The highest BCUT2D eigenvalue weighted by atomic mass is 32.1. The predicted octanol–water partition coefficient (Wildman–Crippen LogP) is 2.27. The minimum atomic E-state index is 0.270. The van der Waals surface area contributed by atoms with Gasteiger partial charge in [0.1, 0.15) is 5.01 Å². The monoisotopic (exact) mass is 234 g/mol. The highest BCUT2D eigenvalue weighted by Gasteiger charge is 2.18. The molecule has 1 aliphatic heterocycles. The van der Waals surface area contributed by atoms with Crippen molar-refractivity contribution in [2.24, 2.45) is 0 Å². The largest absolute Gasteiger partial charge is 0.378 e. The van der Waals surface area contributed by atoms with Crippen LogP contribution in [0.5, 0.6) is 0 Å². The van der Waals surface area contributed by atoms with Gasteiger partial charge in [0, 0.05) is 6.54 Å². The first-order valence-electron chi connectivity index (χ1n) is 5.51. The van der Waals surface area contributed by atoms with E-state index in [4.69, 9.17) is 4.74 Å². The second kappa shape index (κ2) is 4.13. The summed E-state index contributed by atoms with van der Waals surface area (Å²) in [5.41, 5.74) is 2.37. The molecule has 0 radical (unpaired) electrons. The molecule has 1 saturated heterocycles. The molecule has 1 atom stereocenters. The second-order valence-electron chi connectivity index (χ2n) is 4.10. The van der Waals surface area contributed by atoms with E-state index in [1.54, 1.807) is 11.3 Å². The van der Waals surface area contributed by atoms with Gasteiger partial charge in [0.05, 0.1) is 29.5 Å². The van der Waals surface area contributed by atoms with Crippen LogP contribution in [0.3, 0.4) is 0 Å². The number of hydrogen-bond acceptors (Lipinski definition) is 4. The molecule has 16 heavy (non-hydrogen) atoms. The van der Waals surface area contributed by atoms with Crippen LogP contribution in [0.15, 0.2) is 18.2 Å². The fourth-order valence-electron chi connectivity index (χ4n) is 1.93. The van der Waals surface area contributed by atoms with Gasteiger partial charge in [-0.3, -0.25) is 0 Å². The van der Waals surface area contributed by atoms with Crippen molar-refractivity contribution < 1.29 is 4.74 Å². The summed E-state index contributed by atoms with van der Waals surface area (Å²) in [5, 5.41) is 4.57. The lowest BCUT2D eigenvalue weighted by Crippen LogP contribution is -2.34. The van der Waals surface area contributed by atoms with Gasteiger partial charge >= 0.3 is 0 Å². The molecule has 0 spiro atoms. The van der Waals surface area contributed by atoms with Crippen LogP contribution in [0.25, 0.3) is 10.2 Å². The van der Waals surface area contributed by atoms with Crippen molar-refractivity contribution >= 4 is 21.6 Å². The Morgan fingerprint density at radius 1 is 1.50 bits per heavy atom. The zero-order valence-electron chi connectivity index (χ0n) is 9.19. The topological polar surface area (TPSA) is 34.1 Å². The third kappa shape index (κ3) is 1.84. The number of morpholine rings is 1.